The molecule has 0 radical (unpaired) electrons. The fourth-order valence-corrected chi connectivity index (χ4v) is 13.5. The van der Waals surface area contributed by atoms with Gasteiger partial charge >= 0.3 is 6.09 Å². The summed E-state index contributed by atoms with van der Waals surface area (Å²) in [6, 6.07) is 0. The summed E-state index contributed by atoms with van der Waals surface area (Å²) in [5.74, 6) is 1.92. The van der Waals surface area contributed by atoms with Crippen molar-refractivity contribution in [1.82, 2.24) is 0 Å². The van der Waals surface area contributed by atoms with Crippen LogP contribution in [0.5, 0.6) is 0 Å². The summed E-state index contributed by atoms with van der Waals surface area (Å²) in [5, 5.41) is 12.5. The van der Waals surface area contributed by atoms with Crippen LogP contribution < -0.4 is 5.73 Å². The van der Waals surface area contributed by atoms with Crippen LogP contribution >= 0.6 is 0 Å². The Morgan fingerprint density at radius 3 is 2.37 bits per heavy atom. The maximum atomic E-state index is 12.5. The molecule has 14 atom stereocenters. The maximum Gasteiger partial charge on any atom is 0.404 e. The van der Waals surface area contributed by atoms with Crippen LogP contribution in [-0.4, -0.2) is 54.6 Å². The van der Waals surface area contributed by atoms with Crippen molar-refractivity contribution < 1.29 is 28.8 Å². The highest BCUT2D eigenvalue weighted by Gasteiger charge is 2.84. The molecule has 0 aromatic carbocycles. The van der Waals surface area contributed by atoms with Gasteiger partial charge in [0.15, 0.2) is 6.29 Å². The van der Waals surface area contributed by atoms with E-state index in [0.29, 0.717) is 34.5 Å². The van der Waals surface area contributed by atoms with E-state index < -0.39 is 18.3 Å². The van der Waals surface area contributed by atoms with Crippen LogP contribution in [0.1, 0.15) is 119 Å². The third kappa shape index (κ3) is 4.02. The van der Waals surface area contributed by atoms with Crippen LogP contribution in [0.15, 0.2) is 0 Å². The second-order valence-electron chi connectivity index (χ2n) is 17.6. The Morgan fingerprint density at radius 2 is 1.70 bits per heavy atom. The van der Waals surface area contributed by atoms with Gasteiger partial charge in [-0.05, 0) is 122 Å². The molecule has 0 bridgehead atoms. The number of primary amides is 1. The number of fused-ring (bicyclic) bond motifs is 4. The molecule has 7 rings (SSSR count). The maximum absolute atomic E-state index is 12.5. The minimum absolute atomic E-state index is 0.0139. The zero-order valence-electron chi connectivity index (χ0n) is 27.9. The van der Waals surface area contributed by atoms with E-state index in [1.165, 1.54) is 38.5 Å². The van der Waals surface area contributed by atoms with Gasteiger partial charge in [0, 0.05) is 12.0 Å². The van der Waals surface area contributed by atoms with Crippen LogP contribution in [0.25, 0.3) is 0 Å². The van der Waals surface area contributed by atoms with Gasteiger partial charge in [-0.15, -0.1) is 0 Å². The molecule has 43 heavy (non-hydrogen) atoms. The van der Waals surface area contributed by atoms with Gasteiger partial charge in [0.25, 0.3) is 0 Å². The fraction of sp³-hybridized carbons (Fsp3) is 0.972. The number of carbonyl (C=O) groups excluding carboxylic acids is 1. The average Bonchev–Trinajstić information content (AvgIpc) is 3.58. The van der Waals surface area contributed by atoms with Crippen LogP contribution in [0.2, 0.25) is 0 Å². The standard InChI is InChI=1S/C36H59NO6/c1-20(2)28(43-31(37)39)22-18-21(3)27-29(41-22)30(38)34(7)24-12-11-23-32(4,5)25(42-26-10-8-9-17-40-26)13-14-35(23)19-36(24,35)16-15-33(27,34)6/h20-30,38H,8-19H2,1-7H3,(H2,37,39)/t21-,22-,23+,24+,25?,26+,27+,28-,29+,30+,33-,34-,35-,36?/m1/s1. The first-order valence-electron chi connectivity index (χ1n) is 17.8. The number of hydrogen-bond acceptors (Lipinski definition) is 6. The second-order valence-corrected chi connectivity index (χ2v) is 17.6. The van der Waals surface area contributed by atoms with Gasteiger partial charge in [-0.3, -0.25) is 0 Å². The summed E-state index contributed by atoms with van der Waals surface area (Å²) >= 11 is 0. The first-order valence-corrected chi connectivity index (χ1v) is 17.8. The molecule has 2 aliphatic heterocycles. The molecule has 0 aromatic heterocycles. The lowest BCUT2D eigenvalue weighted by Gasteiger charge is -2.64. The van der Waals surface area contributed by atoms with Crippen LogP contribution in [-0.2, 0) is 18.9 Å². The Kier molecular flexibility index (Phi) is 7.19. The zero-order valence-corrected chi connectivity index (χ0v) is 27.9. The molecule has 7 nitrogen and oxygen atoms in total. The molecule has 3 N–H and O–H groups in total. The van der Waals surface area contributed by atoms with E-state index in [0.717, 1.165) is 38.7 Å². The molecule has 2 heterocycles. The molecule has 7 fully saturated rings. The van der Waals surface area contributed by atoms with E-state index in [1.807, 2.05) is 0 Å². The lowest BCUT2D eigenvalue weighted by Crippen LogP contribution is -2.60. The molecule has 2 unspecified atom stereocenters. The lowest BCUT2D eigenvalue weighted by molar-refractivity contribution is -0.242. The molecule has 1 amide bonds. The second kappa shape index (κ2) is 10.1. The van der Waals surface area contributed by atoms with Crippen molar-refractivity contribution in [3.05, 3.63) is 0 Å². The van der Waals surface area contributed by atoms with Gasteiger partial charge in [-0.25, -0.2) is 4.79 Å². The number of aliphatic hydroxyl groups is 1. The van der Waals surface area contributed by atoms with Gasteiger partial charge < -0.3 is 29.8 Å². The van der Waals surface area contributed by atoms with Crippen molar-refractivity contribution in [3.8, 4) is 0 Å². The molecule has 5 aliphatic carbocycles. The first-order chi connectivity index (χ1) is 20.2. The van der Waals surface area contributed by atoms with Crippen molar-refractivity contribution in [3.63, 3.8) is 0 Å². The average molecular weight is 602 g/mol. The first kappa shape index (κ1) is 30.7. The topological polar surface area (TPSA) is 100 Å². The summed E-state index contributed by atoms with van der Waals surface area (Å²) in [6.07, 6.45) is 10.8. The Labute approximate surface area is 259 Å². The van der Waals surface area contributed by atoms with E-state index in [2.05, 4.69) is 48.5 Å². The van der Waals surface area contributed by atoms with Crippen molar-refractivity contribution in [1.29, 1.82) is 0 Å². The van der Waals surface area contributed by atoms with Crippen molar-refractivity contribution in [2.45, 2.75) is 156 Å². The minimum atomic E-state index is -0.747. The molecule has 0 aromatic rings. The molecular weight excluding hydrogens is 542 g/mol. The Bertz CT molecular complexity index is 1110. The predicted molar refractivity (Wildman–Crippen MR) is 164 cm³/mol. The third-order valence-electron chi connectivity index (χ3n) is 15.5. The highest BCUT2D eigenvalue weighted by molar-refractivity contribution is 5.64. The number of ether oxygens (including phenoxy) is 4. The third-order valence-corrected chi connectivity index (χ3v) is 15.5. The molecule has 2 spiro atoms. The summed E-state index contributed by atoms with van der Waals surface area (Å²) in [7, 11) is 0. The summed E-state index contributed by atoms with van der Waals surface area (Å²) < 4.78 is 25.3. The molecule has 5 saturated carbocycles. The number of aliphatic hydroxyl groups excluding tert-OH is 1. The number of hydrogen-bond donors (Lipinski definition) is 2. The molecule has 2 saturated heterocycles. The number of carbonyl (C=O) groups is 1. The lowest BCUT2D eigenvalue weighted by atomic mass is 9.41. The number of amides is 1. The largest absolute Gasteiger partial charge is 0.443 e. The molecule has 244 valence electrons. The van der Waals surface area contributed by atoms with E-state index in [9.17, 15) is 9.90 Å². The van der Waals surface area contributed by atoms with Gasteiger partial charge in [0.1, 0.15) is 6.10 Å². The van der Waals surface area contributed by atoms with Crippen molar-refractivity contribution in [2.24, 2.45) is 62.4 Å². The molecular formula is C36H59NO6. The number of nitrogens with two attached hydrogens (primary N) is 1. The van der Waals surface area contributed by atoms with Gasteiger partial charge in [-0.2, -0.15) is 0 Å². The van der Waals surface area contributed by atoms with Crippen LogP contribution in [0.3, 0.4) is 0 Å². The van der Waals surface area contributed by atoms with E-state index >= 15 is 0 Å². The quantitative estimate of drug-likeness (QED) is 0.335. The molecule has 7 heteroatoms. The predicted octanol–water partition coefficient (Wildman–Crippen LogP) is 6.83. The summed E-state index contributed by atoms with van der Waals surface area (Å²) in [4.78, 5) is 11.8. The highest BCUT2D eigenvalue weighted by Crippen LogP contribution is 2.89. The Morgan fingerprint density at radius 1 is 0.977 bits per heavy atom. The molecule has 7 aliphatic rings. The zero-order chi connectivity index (χ0) is 30.7. The monoisotopic (exact) mass is 601 g/mol. The number of rotatable bonds is 5. The minimum Gasteiger partial charge on any atom is -0.443 e. The summed E-state index contributed by atoms with van der Waals surface area (Å²) in [5.41, 5.74) is 6.10. The normalized spacial score (nSPS) is 53.9. The Hall–Kier alpha value is -0.890. The van der Waals surface area contributed by atoms with E-state index in [1.54, 1.807) is 0 Å². The van der Waals surface area contributed by atoms with E-state index in [-0.39, 0.29) is 46.8 Å². The highest BCUT2D eigenvalue weighted by atomic mass is 16.7. The smallest absolute Gasteiger partial charge is 0.404 e. The van der Waals surface area contributed by atoms with Crippen LogP contribution in [0.4, 0.5) is 4.79 Å². The van der Waals surface area contributed by atoms with Gasteiger partial charge in [-0.1, -0.05) is 48.5 Å². The van der Waals surface area contributed by atoms with Crippen molar-refractivity contribution in [2.75, 3.05) is 6.61 Å². The Balaban J connectivity index is 1.16. The van der Waals surface area contributed by atoms with Gasteiger partial charge in [0.05, 0.1) is 24.4 Å². The van der Waals surface area contributed by atoms with Gasteiger partial charge in [0.2, 0.25) is 0 Å². The van der Waals surface area contributed by atoms with Crippen LogP contribution in [0, 0.1) is 56.7 Å². The van der Waals surface area contributed by atoms with Crippen molar-refractivity contribution >= 4 is 6.09 Å². The van der Waals surface area contributed by atoms with E-state index in [4.69, 9.17) is 24.7 Å². The SMILES string of the molecule is CC(C)[C@@H](OC(N)=O)[C@H]1C[C@@H](C)[C@H]2[C@H](O1)[C@H](O)[C@@]1(C)[C@@H]3CC[C@H]4C(C)(C)C(O[C@H]5CCCCO5)CC[C@@]45CC35CC[C@]21C. The fourth-order valence-electron chi connectivity index (χ4n) is 13.5. The summed E-state index contributed by atoms with van der Waals surface area (Å²) in [6.45, 7) is 17.2.